The Balaban J connectivity index is 2.31. The molecule has 2 rings (SSSR count). The summed E-state index contributed by atoms with van der Waals surface area (Å²) in [6.07, 6.45) is 0. The quantitative estimate of drug-likeness (QED) is 0.923. The predicted molar refractivity (Wildman–Crippen MR) is 76.7 cm³/mol. The number of carboxylic acids is 1. The topological polar surface area (TPSA) is 49.8 Å². The Bertz CT molecular complexity index is 478. The molecule has 0 radical (unpaired) electrons. The van der Waals surface area contributed by atoms with E-state index in [0.29, 0.717) is 6.54 Å². The normalized spacial score (nSPS) is 23.5. The van der Waals surface area contributed by atoms with Crippen molar-refractivity contribution in [2.45, 2.75) is 12.8 Å². The molecule has 1 aliphatic rings. The van der Waals surface area contributed by atoms with Gasteiger partial charge in [-0.05, 0) is 24.2 Å². The first-order chi connectivity index (χ1) is 9.06. The summed E-state index contributed by atoms with van der Waals surface area (Å²) in [4.78, 5) is 13.6. The summed E-state index contributed by atoms with van der Waals surface area (Å²) >= 11 is 3.52. The van der Waals surface area contributed by atoms with Crippen LogP contribution in [0.4, 0.5) is 0 Å². The monoisotopic (exact) mass is 327 g/mol. The molecule has 1 heterocycles. The number of rotatable bonds is 4. The molecule has 5 heteroatoms. The second kappa shape index (κ2) is 5.92. The lowest BCUT2D eigenvalue weighted by molar-refractivity contribution is -0.141. The average molecular weight is 328 g/mol. The van der Waals surface area contributed by atoms with Gasteiger partial charge in [-0.3, -0.25) is 4.79 Å². The van der Waals surface area contributed by atoms with Crippen LogP contribution >= 0.6 is 15.9 Å². The molecule has 0 spiro atoms. The summed E-state index contributed by atoms with van der Waals surface area (Å²) in [5.74, 6) is -0.265. The number of hydrogen-bond donors (Lipinski definition) is 1. The molecule has 2 unspecified atom stereocenters. The first kappa shape index (κ1) is 14.3. The van der Waals surface area contributed by atoms with E-state index in [1.807, 2.05) is 18.2 Å². The fraction of sp³-hybridized carbons (Fsp3) is 0.500. The Morgan fingerprint density at radius 3 is 2.79 bits per heavy atom. The van der Waals surface area contributed by atoms with Crippen LogP contribution in [0.1, 0.15) is 18.4 Å². The number of carbonyl (C=O) groups is 1. The fourth-order valence-corrected chi connectivity index (χ4v) is 3.30. The van der Waals surface area contributed by atoms with Crippen molar-refractivity contribution < 1.29 is 14.6 Å². The molecule has 1 saturated heterocycles. The van der Waals surface area contributed by atoms with Gasteiger partial charge in [0.05, 0.1) is 13.0 Å². The second-order valence-electron chi connectivity index (χ2n) is 4.79. The molecule has 0 amide bonds. The summed E-state index contributed by atoms with van der Waals surface area (Å²) in [5.41, 5.74) is 1.05. The first-order valence-corrected chi connectivity index (χ1v) is 7.14. The Hall–Kier alpha value is -1.07. The van der Waals surface area contributed by atoms with E-state index in [2.05, 4.69) is 27.8 Å². The minimum absolute atomic E-state index is 0.0257. The highest BCUT2D eigenvalue weighted by Gasteiger charge is 2.38. The standard InChI is InChI=1S/C14H18BrNO3/c1-3-16-7-11(12(8-16)14(17)18)10-5-4-9(19-2)6-13(10)15/h4-6,11-12H,3,7-8H2,1-2H3,(H,17,18). The summed E-state index contributed by atoms with van der Waals surface area (Å²) in [6.45, 7) is 4.35. The number of carboxylic acid groups (broad SMARTS) is 1. The number of ether oxygens (including phenoxy) is 1. The number of nitrogens with zero attached hydrogens (tertiary/aromatic N) is 1. The Labute approximate surface area is 121 Å². The highest BCUT2D eigenvalue weighted by Crippen LogP contribution is 2.37. The lowest BCUT2D eigenvalue weighted by Gasteiger charge is -2.17. The molecule has 2 atom stereocenters. The SMILES string of the molecule is CCN1CC(C(=O)O)C(c2ccc(OC)cc2Br)C1. The first-order valence-electron chi connectivity index (χ1n) is 6.35. The third-order valence-electron chi connectivity index (χ3n) is 3.77. The maximum atomic E-state index is 11.4. The number of methoxy groups -OCH3 is 1. The highest BCUT2D eigenvalue weighted by atomic mass is 79.9. The number of hydrogen-bond acceptors (Lipinski definition) is 3. The molecule has 19 heavy (non-hydrogen) atoms. The van der Waals surface area contributed by atoms with E-state index in [4.69, 9.17) is 4.74 Å². The molecule has 0 saturated carbocycles. The van der Waals surface area contributed by atoms with Crippen molar-refractivity contribution in [2.75, 3.05) is 26.7 Å². The van der Waals surface area contributed by atoms with Crippen LogP contribution in [0, 0.1) is 5.92 Å². The van der Waals surface area contributed by atoms with E-state index < -0.39 is 5.97 Å². The van der Waals surface area contributed by atoms with Gasteiger partial charge in [-0.2, -0.15) is 0 Å². The van der Waals surface area contributed by atoms with Crippen LogP contribution in [0.2, 0.25) is 0 Å². The van der Waals surface area contributed by atoms with Crippen molar-refractivity contribution >= 4 is 21.9 Å². The largest absolute Gasteiger partial charge is 0.497 e. The van der Waals surface area contributed by atoms with Gasteiger partial charge in [-0.25, -0.2) is 0 Å². The molecular weight excluding hydrogens is 310 g/mol. The van der Waals surface area contributed by atoms with Gasteiger partial charge in [-0.15, -0.1) is 0 Å². The lowest BCUT2D eigenvalue weighted by Crippen LogP contribution is -2.23. The number of benzene rings is 1. The van der Waals surface area contributed by atoms with Crippen LogP contribution in [0.3, 0.4) is 0 Å². The predicted octanol–water partition coefficient (Wildman–Crippen LogP) is 2.58. The van der Waals surface area contributed by atoms with Crippen LogP contribution < -0.4 is 4.74 Å². The van der Waals surface area contributed by atoms with Crippen LogP contribution in [-0.4, -0.2) is 42.7 Å². The minimum atomic E-state index is -0.719. The summed E-state index contributed by atoms with van der Waals surface area (Å²) in [7, 11) is 1.62. The minimum Gasteiger partial charge on any atom is -0.497 e. The van der Waals surface area contributed by atoms with E-state index in [-0.39, 0.29) is 11.8 Å². The molecular formula is C14H18BrNO3. The molecule has 0 aromatic heterocycles. The van der Waals surface area contributed by atoms with Crippen LogP contribution in [0.5, 0.6) is 5.75 Å². The van der Waals surface area contributed by atoms with Crippen molar-refractivity contribution in [1.82, 2.24) is 4.90 Å². The van der Waals surface area contributed by atoms with E-state index in [0.717, 1.165) is 28.9 Å². The fourth-order valence-electron chi connectivity index (χ4n) is 2.64. The smallest absolute Gasteiger partial charge is 0.308 e. The summed E-state index contributed by atoms with van der Waals surface area (Å²) < 4.78 is 6.09. The van der Waals surface area contributed by atoms with Gasteiger partial charge in [0, 0.05) is 23.5 Å². The Morgan fingerprint density at radius 1 is 1.53 bits per heavy atom. The number of likely N-dealkylation sites (tertiary alicyclic amines) is 1. The maximum absolute atomic E-state index is 11.4. The zero-order chi connectivity index (χ0) is 14.0. The van der Waals surface area contributed by atoms with Gasteiger partial charge in [0.1, 0.15) is 5.75 Å². The highest BCUT2D eigenvalue weighted by molar-refractivity contribution is 9.10. The van der Waals surface area contributed by atoms with E-state index in [9.17, 15) is 9.90 Å². The molecule has 0 bridgehead atoms. The van der Waals surface area contributed by atoms with Crippen molar-refractivity contribution in [3.05, 3.63) is 28.2 Å². The molecule has 104 valence electrons. The van der Waals surface area contributed by atoms with Crippen molar-refractivity contribution in [2.24, 2.45) is 5.92 Å². The van der Waals surface area contributed by atoms with Crippen LogP contribution in [0.25, 0.3) is 0 Å². The molecule has 1 aromatic rings. The maximum Gasteiger partial charge on any atom is 0.308 e. The third-order valence-corrected chi connectivity index (χ3v) is 4.45. The third kappa shape index (κ3) is 2.92. The molecule has 4 nitrogen and oxygen atoms in total. The van der Waals surface area contributed by atoms with Crippen LogP contribution in [-0.2, 0) is 4.79 Å². The molecule has 1 N–H and O–H groups in total. The number of likely N-dealkylation sites (N-methyl/N-ethyl adjacent to an activating group) is 1. The van der Waals surface area contributed by atoms with Crippen molar-refractivity contribution in [1.29, 1.82) is 0 Å². The van der Waals surface area contributed by atoms with E-state index in [1.54, 1.807) is 7.11 Å². The van der Waals surface area contributed by atoms with Gasteiger partial charge in [0.2, 0.25) is 0 Å². The summed E-state index contributed by atoms with van der Waals surface area (Å²) in [5, 5.41) is 9.38. The van der Waals surface area contributed by atoms with Crippen LogP contribution in [0.15, 0.2) is 22.7 Å². The Morgan fingerprint density at radius 2 is 2.26 bits per heavy atom. The van der Waals surface area contributed by atoms with Gasteiger partial charge in [0.25, 0.3) is 0 Å². The number of halogens is 1. The van der Waals surface area contributed by atoms with E-state index >= 15 is 0 Å². The number of aliphatic carboxylic acids is 1. The molecule has 1 aliphatic heterocycles. The van der Waals surface area contributed by atoms with Gasteiger partial charge >= 0.3 is 5.97 Å². The zero-order valence-electron chi connectivity index (χ0n) is 11.1. The summed E-state index contributed by atoms with van der Waals surface area (Å²) in [6, 6.07) is 5.74. The molecule has 0 aliphatic carbocycles. The average Bonchev–Trinajstić information content (AvgIpc) is 2.82. The van der Waals surface area contributed by atoms with Crippen molar-refractivity contribution in [3.63, 3.8) is 0 Å². The molecule has 1 fully saturated rings. The second-order valence-corrected chi connectivity index (χ2v) is 5.65. The van der Waals surface area contributed by atoms with Gasteiger partial charge < -0.3 is 14.7 Å². The van der Waals surface area contributed by atoms with Crippen molar-refractivity contribution in [3.8, 4) is 5.75 Å². The van der Waals surface area contributed by atoms with E-state index in [1.165, 1.54) is 0 Å². The van der Waals surface area contributed by atoms with Gasteiger partial charge in [0.15, 0.2) is 0 Å². The Kier molecular flexibility index (Phi) is 4.47. The van der Waals surface area contributed by atoms with Gasteiger partial charge in [-0.1, -0.05) is 28.9 Å². The molecule has 1 aromatic carbocycles. The zero-order valence-corrected chi connectivity index (χ0v) is 12.7. The lowest BCUT2D eigenvalue weighted by atomic mass is 9.89.